The van der Waals surface area contributed by atoms with Gasteiger partial charge >= 0.3 is 48.9 Å². The van der Waals surface area contributed by atoms with Crippen molar-refractivity contribution in [2.24, 2.45) is 0 Å². The number of carboxylic acids is 2. The van der Waals surface area contributed by atoms with Crippen LogP contribution in [-0.4, -0.2) is 66.3 Å². The molecule has 0 amide bonds. The van der Waals surface area contributed by atoms with Gasteiger partial charge in [0.05, 0.1) is 0 Å². The minimum atomic E-state index is -0.995. The molecule has 0 radical (unpaired) electrons. The van der Waals surface area contributed by atoms with Crippen LogP contribution < -0.4 is 10.2 Å². The van der Waals surface area contributed by atoms with E-state index >= 15 is 0 Å². The van der Waals surface area contributed by atoms with Crippen LogP contribution >= 0.6 is 0 Å². The molecular formula is C6H12BaO5. The third-order valence-electron chi connectivity index (χ3n) is 0.577. The van der Waals surface area contributed by atoms with E-state index in [4.69, 9.17) is 0 Å². The van der Waals surface area contributed by atoms with E-state index in [1.165, 1.54) is 13.8 Å². The summed E-state index contributed by atoms with van der Waals surface area (Å²) in [7, 11) is 0. The van der Waals surface area contributed by atoms with Gasteiger partial charge in [-0.05, 0) is 12.8 Å². The fraction of sp³-hybridized carbons (Fsp3) is 0.667. The molecule has 0 spiro atoms. The minimum absolute atomic E-state index is 0. The number of aliphatic carboxylic acids is 2. The molecule has 0 saturated carbocycles. The smallest absolute Gasteiger partial charge is 0.550 e. The van der Waals surface area contributed by atoms with E-state index in [-0.39, 0.29) is 67.2 Å². The number of rotatable bonds is 2. The van der Waals surface area contributed by atoms with Crippen molar-refractivity contribution in [3.8, 4) is 0 Å². The van der Waals surface area contributed by atoms with Gasteiger partial charge in [0, 0.05) is 11.9 Å². The van der Waals surface area contributed by atoms with E-state index in [1.54, 1.807) is 0 Å². The van der Waals surface area contributed by atoms with Gasteiger partial charge in [-0.1, -0.05) is 13.8 Å². The average molecular weight is 301 g/mol. The molecule has 6 heteroatoms. The molecule has 2 N–H and O–H groups in total. The SMILES string of the molecule is CCC(=O)[O-].CCC(=O)[O-].O.[Ba+2]. The van der Waals surface area contributed by atoms with Crippen molar-refractivity contribution in [2.75, 3.05) is 0 Å². The second-order valence-corrected chi connectivity index (χ2v) is 1.45. The maximum atomic E-state index is 9.26. The van der Waals surface area contributed by atoms with Crippen LogP contribution in [-0.2, 0) is 9.59 Å². The number of hydrogen-bond donors (Lipinski definition) is 0. The quantitative estimate of drug-likeness (QED) is 0.509. The third kappa shape index (κ3) is 47.0. The molecule has 0 atom stereocenters. The van der Waals surface area contributed by atoms with E-state index in [2.05, 4.69) is 0 Å². The Morgan fingerprint density at radius 3 is 1.08 bits per heavy atom. The maximum absolute atomic E-state index is 9.26. The fourth-order valence-corrected chi connectivity index (χ4v) is 0. The predicted molar refractivity (Wildman–Crippen MR) is 40.0 cm³/mol. The Morgan fingerprint density at radius 2 is 1.08 bits per heavy atom. The molecule has 0 saturated heterocycles. The van der Waals surface area contributed by atoms with Gasteiger partial charge in [0.2, 0.25) is 0 Å². The van der Waals surface area contributed by atoms with Crippen molar-refractivity contribution in [3.63, 3.8) is 0 Å². The van der Waals surface area contributed by atoms with Crippen LogP contribution in [0, 0.1) is 0 Å². The van der Waals surface area contributed by atoms with E-state index in [0.29, 0.717) is 0 Å². The van der Waals surface area contributed by atoms with Crippen LogP contribution in [0.25, 0.3) is 0 Å². The zero-order valence-corrected chi connectivity index (χ0v) is 11.7. The molecule has 0 fully saturated rings. The molecule has 0 heterocycles. The molecular weight excluding hydrogens is 289 g/mol. The van der Waals surface area contributed by atoms with Crippen LogP contribution in [0.4, 0.5) is 0 Å². The Morgan fingerprint density at radius 1 is 1.00 bits per heavy atom. The van der Waals surface area contributed by atoms with Crippen molar-refractivity contribution in [3.05, 3.63) is 0 Å². The van der Waals surface area contributed by atoms with Crippen LogP contribution in [0.2, 0.25) is 0 Å². The molecule has 0 unspecified atom stereocenters. The van der Waals surface area contributed by atoms with Gasteiger partial charge in [0.1, 0.15) is 0 Å². The molecule has 68 valence electrons. The number of carbonyl (C=O) groups is 2. The number of hydrogen-bond acceptors (Lipinski definition) is 4. The molecule has 0 aliphatic carbocycles. The summed E-state index contributed by atoms with van der Waals surface area (Å²) in [5.74, 6) is -1.99. The first kappa shape index (κ1) is 22.9. The zero-order chi connectivity index (χ0) is 8.57. The molecule has 0 aromatic rings. The van der Waals surface area contributed by atoms with Crippen LogP contribution in [0.3, 0.4) is 0 Å². The normalized spacial score (nSPS) is 6.17. The second kappa shape index (κ2) is 17.5. The van der Waals surface area contributed by atoms with Gasteiger partial charge in [0.15, 0.2) is 0 Å². The average Bonchev–Trinajstić information content (AvgIpc) is 1.89. The molecule has 5 nitrogen and oxygen atoms in total. The largest absolute Gasteiger partial charge is 2.00 e. The number of carboxylic acid groups (broad SMARTS) is 2. The Balaban J connectivity index is -0.0000000457. The van der Waals surface area contributed by atoms with Crippen LogP contribution in [0.5, 0.6) is 0 Å². The van der Waals surface area contributed by atoms with Gasteiger partial charge in [-0.3, -0.25) is 0 Å². The molecule has 0 bridgehead atoms. The molecule has 0 aromatic carbocycles. The van der Waals surface area contributed by atoms with E-state index < -0.39 is 11.9 Å². The minimum Gasteiger partial charge on any atom is -0.550 e. The maximum Gasteiger partial charge on any atom is 2.00 e. The van der Waals surface area contributed by atoms with Gasteiger partial charge in [-0.25, -0.2) is 0 Å². The molecule has 12 heavy (non-hydrogen) atoms. The fourth-order valence-electron chi connectivity index (χ4n) is 0. The molecule has 0 aliphatic rings. The summed E-state index contributed by atoms with van der Waals surface area (Å²) >= 11 is 0. The summed E-state index contributed by atoms with van der Waals surface area (Å²) in [6.45, 7) is 3.07. The van der Waals surface area contributed by atoms with Crippen LogP contribution in [0.1, 0.15) is 26.7 Å². The summed E-state index contributed by atoms with van der Waals surface area (Å²) in [4.78, 5) is 18.5. The predicted octanol–water partition coefficient (Wildman–Crippen LogP) is -2.91. The summed E-state index contributed by atoms with van der Waals surface area (Å²) in [5, 5.41) is 18.5. The first-order valence-electron chi connectivity index (χ1n) is 2.94. The van der Waals surface area contributed by atoms with Crippen molar-refractivity contribution < 1.29 is 25.3 Å². The van der Waals surface area contributed by atoms with Crippen LogP contribution in [0.15, 0.2) is 0 Å². The van der Waals surface area contributed by atoms with Crippen molar-refractivity contribution >= 4 is 60.8 Å². The first-order valence-corrected chi connectivity index (χ1v) is 2.94. The zero-order valence-electron chi connectivity index (χ0n) is 7.25. The van der Waals surface area contributed by atoms with Crippen molar-refractivity contribution in [1.82, 2.24) is 0 Å². The Bertz CT molecular complexity index is 101. The van der Waals surface area contributed by atoms with E-state index in [0.717, 1.165) is 0 Å². The molecule has 0 aliphatic heterocycles. The Kier molecular flexibility index (Phi) is 33.4. The second-order valence-electron chi connectivity index (χ2n) is 1.45. The third-order valence-corrected chi connectivity index (χ3v) is 0.577. The van der Waals surface area contributed by atoms with Gasteiger partial charge in [0.25, 0.3) is 0 Å². The van der Waals surface area contributed by atoms with Gasteiger partial charge in [-0.15, -0.1) is 0 Å². The summed E-state index contributed by atoms with van der Waals surface area (Å²) in [5.41, 5.74) is 0. The van der Waals surface area contributed by atoms with E-state index in [9.17, 15) is 19.8 Å². The van der Waals surface area contributed by atoms with Gasteiger partial charge in [-0.2, -0.15) is 0 Å². The van der Waals surface area contributed by atoms with Crippen molar-refractivity contribution in [1.29, 1.82) is 0 Å². The molecule has 0 rings (SSSR count). The summed E-state index contributed by atoms with van der Waals surface area (Å²) in [6, 6.07) is 0. The first-order chi connectivity index (χ1) is 4.54. The van der Waals surface area contributed by atoms with E-state index in [1.807, 2.05) is 0 Å². The monoisotopic (exact) mass is 302 g/mol. The Hall–Kier alpha value is 0.471. The summed E-state index contributed by atoms with van der Waals surface area (Å²) in [6.07, 6.45) is 0.222. The van der Waals surface area contributed by atoms with Crippen molar-refractivity contribution in [2.45, 2.75) is 26.7 Å². The standard InChI is InChI=1S/2C3H6O2.Ba.H2O/c2*1-2-3(4)5;;/h2*2H2,1H3,(H,4,5);;1H2/q;;+2;/p-2. The topological polar surface area (TPSA) is 112 Å². The Labute approximate surface area is 112 Å². The summed E-state index contributed by atoms with van der Waals surface area (Å²) < 4.78 is 0. The van der Waals surface area contributed by atoms with Gasteiger partial charge < -0.3 is 25.3 Å². The number of carbonyl (C=O) groups excluding carboxylic acids is 2. The molecule has 0 aromatic heterocycles.